The molecule has 3 nitrogen and oxygen atoms in total. The van der Waals surface area contributed by atoms with Gasteiger partial charge in [-0.15, -0.1) is 0 Å². The monoisotopic (exact) mass is 327 g/mol. The first kappa shape index (κ1) is 14.6. The van der Waals surface area contributed by atoms with Crippen molar-refractivity contribution in [2.45, 2.75) is 6.54 Å². The molecule has 23 heavy (non-hydrogen) atoms. The van der Waals surface area contributed by atoms with Crippen molar-refractivity contribution < 1.29 is 4.39 Å². The van der Waals surface area contributed by atoms with E-state index in [0.29, 0.717) is 0 Å². The lowest BCUT2D eigenvalue weighted by Crippen LogP contribution is -2.45. The van der Waals surface area contributed by atoms with E-state index in [1.54, 1.807) is 23.5 Å². The molecule has 0 radical (unpaired) electrons. The Morgan fingerprint density at radius 1 is 1.00 bits per heavy atom. The molecule has 5 heteroatoms. The summed E-state index contributed by atoms with van der Waals surface area (Å²) in [5.74, 6) is -0.157. The normalized spacial score (nSPS) is 16.1. The Labute approximate surface area is 139 Å². The molecule has 3 aromatic rings. The smallest absolute Gasteiger partial charge is 0.186 e. The van der Waals surface area contributed by atoms with Gasteiger partial charge in [0.1, 0.15) is 5.82 Å². The predicted octanol–water partition coefficient (Wildman–Crippen LogP) is 3.76. The first-order chi connectivity index (χ1) is 11.3. The van der Waals surface area contributed by atoms with Crippen molar-refractivity contribution >= 4 is 26.7 Å². The SMILES string of the molecule is Fc1cccc(CN2CCN(c3nc4ccccc4s3)CC2)c1. The molecule has 1 aliphatic rings. The Morgan fingerprint density at radius 3 is 2.61 bits per heavy atom. The van der Waals surface area contributed by atoms with Gasteiger partial charge in [-0.3, -0.25) is 4.90 Å². The summed E-state index contributed by atoms with van der Waals surface area (Å²) in [5, 5.41) is 1.11. The number of thiazole rings is 1. The lowest BCUT2D eigenvalue weighted by atomic mass is 10.2. The van der Waals surface area contributed by atoms with E-state index >= 15 is 0 Å². The minimum atomic E-state index is -0.157. The second kappa shape index (κ2) is 6.26. The van der Waals surface area contributed by atoms with E-state index < -0.39 is 0 Å². The molecule has 0 atom stereocenters. The average Bonchev–Trinajstić information content (AvgIpc) is 2.99. The van der Waals surface area contributed by atoms with Gasteiger partial charge in [0.15, 0.2) is 5.13 Å². The average molecular weight is 327 g/mol. The Kier molecular flexibility index (Phi) is 3.97. The minimum absolute atomic E-state index is 0.157. The van der Waals surface area contributed by atoms with Crippen LogP contribution in [0.2, 0.25) is 0 Å². The molecule has 0 amide bonds. The maximum atomic E-state index is 13.3. The van der Waals surface area contributed by atoms with E-state index in [-0.39, 0.29) is 5.82 Å². The third-order valence-corrected chi connectivity index (χ3v) is 5.32. The Balaban J connectivity index is 1.40. The van der Waals surface area contributed by atoms with Gasteiger partial charge in [0.2, 0.25) is 0 Å². The molecule has 118 valence electrons. The van der Waals surface area contributed by atoms with Gasteiger partial charge in [0, 0.05) is 32.7 Å². The van der Waals surface area contributed by atoms with Gasteiger partial charge in [0.25, 0.3) is 0 Å². The van der Waals surface area contributed by atoms with Crippen molar-refractivity contribution in [3.63, 3.8) is 0 Å². The van der Waals surface area contributed by atoms with Crippen molar-refractivity contribution in [2.75, 3.05) is 31.1 Å². The predicted molar refractivity (Wildman–Crippen MR) is 93.5 cm³/mol. The standard InChI is InChI=1S/C18H18FN3S/c19-15-5-3-4-14(12-15)13-21-8-10-22(11-9-21)18-20-16-6-1-2-7-17(16)23-18/h1-7,12H,8-11,13H2. The number of hydrogen-bond acceptors (Lipinski definition) is 4. The number of hydrogen-bond donors (Lipinski definition) is 0. The second-order valence-electron chi connectivity index (χ2n) is 5.86. The van der Waals surface area contributed by atoms with Crippen LogP contribution in [0.1, 0.15) is 5.56 Å². The first-order valence-corrected chi connectivity index (χ1v) is 8.67. The number of aromatic nitrogens is 1. The highest BCUT2D eigenvalue weighted by atomic mass is 32.1. The van der Waals surface area contributed by atoms with Crippen LogP contribution in [0.25, 0.3) is 10.2 Å². The molecule has 1 aromatic heterocycles. The molecule has 0 saturated carbocycles. The van der Waals surface area contributed by atoms with Crippen molar-refractivity contribution in [3.05, 3.63) is 59.9 Å². The van der Waals surface area contributed by atoms with Crippen molar-refractivity contribution in [1.82, 2.24) is 9.88 Å². The summed E-state index contributed by atoms with van der Waals surface area (Å²) in [6.45, 7) is 4.70. The van der Waals surface area contributed by atoms with Gasteiger partial charge in [-0.05, 0) is 29.8 Å². The lowest BCUT2D eigenvalue weighted by molar-refractivity contribution is 0.249. The van der Waals surface area contributed by atoms with Crippen LogP contribution < -0.4 is 4.90 Å². The van der Waals surface area contributed by atoms with E-state index in [0.717, 1.165) is 48.9 Å². The fourth-order valence-electron chi connectivity index (χ4n) is 2.99. The van der Waals surface area contributed by atoms with Gasteiger partial charge in [-0.25, -0.2) is 9.37 Å². The minimum Gasteiger partial charge on any atom is -0.345 e. The number of piperazine rings is 1. The molecule has 1 saturated heterocycles. The molecule has 0 spiro atoms. The number of halogens is 1. The summed E-state index contributed by atoms with van der Waals surface area (Å²) in [6.07, 6.45) is 0. The van der Waals surface area contributed by atoms with Crippen LogP contribution in [0.4, 0.5) is 9.52 Å². The summed E-state index contributed by atoms with van der Waals surface area (Å²) < 4.78 is 14.5. The topological polar surface area (TPSA) is 19.4 Å². The molecule has 1 aliphatic heterocycles. The molecule has 2 heterocycles. The van der Waals surface area contributed by atoms with Crippen LogP contribution in [0.3, 0.4) is 0 Å². The molecule has 2 aromatic carbocycles. The maximum absolute atomic E-state index is 13.3. The van der Waals surface area contributed by atoms with Crippen LogP contribution in [0.15, 0.2) is 48.5 Å². The second-order valence-corrected chi connectivity index (χ2v) is 6.87. The Morgan fingerprint density at radius 2 is 1.83 bits per heavy atom. The number of para-hydroxylation sites is 1. The lowest BCUT2D eigenvalue weighted by Gasteiger charge is -2.34. The molecule has 1 fully saturated rings. The third kappa shape index (κ3) is 3.21. The number of anilines is 1. The summed E-state index contributed by atoms with van der Waals surface area (Å²) in [4.78, 5) is 9.46. The summed E-state index contributed by atoms with van der Waals surface area (Å²) in [6, 6.07) is 15.2. The highest BCUT2D eigenvalue weighted by Crippen LogP contribution is 2.29. The quantitative estimate of drug-likeness (QED) is 0.730. The summed E-state index contributed by atoms with van der Waals surface area (Å²) in [5.41, 5.74) is 2.12. The molecule has 0 N–H and O–H groups in total. The van der Waals surface area contributed by atoms with E-state index in [9.17, 15) is 4.39 Å². The van der Waals surface area contributed by atoms with Crippen LogP contribution in [0.5, 0.6) is 0 Å². The number of benzene rings is 2. The third-order valence-electron chi connectivity index (χ3n) is 4.22. The highest BCUT2D eigenvalue weighted by Gasteiger charge is 2.19. The van der Waals surface area contributed by atoms with E-state index in [1.165, 1.54) is 10.8 Å². The zero-order chi connectivity index (χ0) is 15.6. The van der Waals surface area contributed by atoms with Gasteiger partial charge < -0.3 is 4.90 Å². The Hall–Kier alpha value is -1.98. The summed E-state index contributed by atoms with van der Waals surface area (Å²) >= 11 is 1.76. The van der Waals surface area contributed by atoms with Crippen LogP contribution in [0, 0.1) is 5.82 Å². The van der Waals surface area contributed by atoms with Crippen molar-refractivity contribution in [1.29, 1.82) is 0 Å². The van der Waals surface area contributed by atoms with E-state index in [4.69, 9.17) is 4.98 Å². The van der Waals surface area contributed by atoms with Crippen LogP contribution >= 0.6 is 11.3 Å². The molecule has 0 unspecified atom stereocenters. The fraction of sp³-hybridized carbons (Fsp3) is 0.278. The van der Waals surface area contributed by atoms with Gasteiger partial charge in [-0.2, -0.15) is 0 Å². The van der Waals surface area contributed by atoms with Gasteiger partial charge >= 0.3 is 0 Å². The van der Waals surface area contributed by atoms with Crippen molar-refractivity contribution in [2.24, 2.45) is 0 Å². The van der Waals surface area contributed by atoms with Crippen LogP contribution in [-0.4, -0.2) is 36.1 Å². The first-order valence-electron chi connectivity index (χ1n) is 7.85. The molecule has 4 rings (SSSR count). The van der Waals surface area contributed by atoms with Crippen molar-refractivity contribution in [3.8, 4) is 0 Å². The molecular weight excluding hydrogens is 309 g/mol. The summed E-state index contributed by atoms with van der Waals surface area (Å²) in [7, 11) is 0. The Bertz CT molecular complexity index is 776. The highest BCUT2D eigenvalue weighted by molar-refractivity contribution is 7.22. The molecule has 0 bridgehead atoms. The zero-order valence-corrected chi connectivity index (χ0v) is 13.6. The van der Waals surface area contributed by atoms with E-state index in [1.807, 2.05) is 12.1 Å². The number of fused-ring (bicyclic) bond motifs is 1. The fourth-order valence-corrected chi connectivity index (χ4v) is 4.00. The molecular formula is C18H18FN3S. The number of nitrogens with zero attached hydrogens (tertiary/aromatic N) is 3. The van der Waals surface area contributed by atoms with Gasteiger partial charge in [0.05, 0.1) is 10.2 Å². The van der Waals surface area contributed by atoms with E-state index in [2.05, 4.69) is 28.0 Å². The largest absolute Gasteiger partial charge is 0.345 e. The maximum Gasteiger partial charge on any atom is 0.186 e. The number of rotatable bonds is 3. The van der Waals surface area contributed by atoms with Crippen LogP contribution in [-0.2, 0) is 6.54 Å². The zero-order valence-electron chi connectivity index (χ0n) is 12.8. The van der Waals surface area contributed by atoms with Gasteiger partial charge in [-0.1, -0.05) is 35.6 Å². The molecule has 0 aliphatic carbocycles.